The molecule has 0 atom stereocenters. The van der Waals surface area contributed by atoms with Gasteiger partial charge in [-0.1, -0.05) is 18.2 Å². The molecule has 1 aromatic heterocycles. The Hall–Kier alpha value is -4.80. The first kappa shape index (κ1) is 22.9. The number of rotatable bonds is 7. The van der Waals surface area contributed by atoms with E-state index in [1.54, 1.807) is 30.3 Å². The molecule has 0 aliphatic carbocycles. The number of hydrogen-bond acceptors (Lipinski definition) is 9. The van der Waals surface area contributed by atoms with E-state index in [1.165, 1.54) is 35.2 Å². The SMILES string of the molecule is COC(=O)C(/C=C(\O)c1ccc([N+](=O)[O-])cc1)=C(/C(=O)OC)c1nncn1-c1ccccc1. The van der Waals surface area contributed by atoms with Gasteiger partial charge in [0.15, 0.2) is 5.82 Å². The number of methoxy groups -OCH3 is 2. The van der Waals surface area contributed by atoms with Crippen molar-refractivity contribution < 1.29 is 29.1 Å². The summed E-state index contributed by atoms with van der Waals surface area (Å²) in [6, 6.07) is 13.8. The van der Waals surface area contributed by atoms with E-state index in [1.807, 2.05) is 0 Å². The van der Waals surface area contributed by atoms with E-state index in [4.69, 9.17) is 9.47 Å². The maximum absolute atomic E-state index is 12.7. The predicted molar refractivity (Wildman–Crippen MR) is 116 cm³/mol. The average molecular weight is 450 g/mol. The Morgan fingerprint density at radius 3 is 2.24 bits per heavy atom. The fourth-order valence-corrected chi connectivity index (χ4v) is 2.92. The summed E-state index contributed by atoms with van der Waals surface area (Å²) in [6.07, 6.45) is 2.35. The van der Waals surface area contributed by atoms with E-state index in [0.717, 1.165) is 20.3 Å². The van der Waals surface area contributed by atoms with Crippen molar-refractivity contribution in [3.8, 4) is 5.69 Å². The maximum Gasteiger partial charge on any atom is 0.342 e. The van der Waals surface area contributed by atoms with Crippen LogP contribution in [0, 0.1) is 10.1 Å². The van der Waals surface area contributed by atoms with E-state index in [-0.39, 0.29) is 28.2 Å². The Labute approximate surface area is 187 Å². The molecule has 2 aromatic carbocycles. The van der Waals surface area contributed by atoms with Crippen molar-refractivity contribution in [2.24, 2.45) is 0 Å². The summed E-state index contributed by atoms with van der Waals surface area (Å²) in [4.78, 5) is 35.6. The second-order valence-corrected chi connectivity index (χ2v) is 6.47. The van der Waals surface area contributed by atoms with Crippen molar-refractivity contribution in [3.63, 3.8) is 0 Å². The maximum atomic E-state index is 12.7. The highest BCUT2D eigenvalue weighted by molar-refractivity contribution is 6.23. The highest BCUT2D eigenvalue weighted by Gasteiger charge is 2.28. The fraction of sp³-hybridized carbons (Fsp3) is 0.0909. The minimum Gasteiger partial charge on any atom is -0.507 e. The number of benzene rings is 2. The van der Waals surface area contributed by atoms with Crippen LogP contribution in [0.5, 0.6) is 0 Å². The van der Waals surface area contributed by atoms with Gasteiger partial charge in [-0.05, 0) is 30.3 Å². The molecule has 33 heavy (non-hydrogen) atoms. The first-order valence-electron chi connectivity index (χ1n) is 9.39. The summed E-state index contributed by atoms with van der Waals surface area (Å²) in [7, 11) is 2.23. The van der Waals surface area contributed by atoms with Crippen molar-refractivity contribution in [1.29, 1.82) is 0 Å². The van der Waals surface area contributed by atoms with Crippen LogP contribution in [-0.4, -0.2) is 51.0 Å². The lowest BCUT2D eigenvalue weighted by atomic mass is 10.0. The Balaban J connectivity index is 2.22. The molecule has 11 nitrogen and oxygen atoms in total. The van der Waals surface area contributed by atoms with Crippen molar-refractivity contribution >= 4 is 29.0 Å². The van der Waals surface area contributed by atoms with Crippen molar-refractivity contribution in [2.75, 3.05) is 14.2 Å². The number of esters is 2. The third kappa shape index (κ3) is 4.93. The molecule has 0 spiro atoms. The fourth-order valence-electron chi connectivity index (χ4n) is 2.92. The third-order valence-electron chi connectivity index (χ3n) is 4.52. The summed E-state index contributed by atoms with van der Waals surface area (Å²) in [5.41, 5.74) is -0.0755. The molecular formula is C22H18N4O7. The van der Waals surface area contributed by atoms with Crippen LogP contribution in [0.3, 0.4) is 0 Å². The highest BCUT2D eigenvalue weighted by atomic mass is 16.6. The van der Waals surface area contributed by atoms with Crippen LogP contribution in [0.4, 0.5) is 5.69 Å². The monoisotopic (exact) mass is 450 g/mol. The van der Waals surface area contributed by atoms with E-state index in [0.29, 0.717) is 5.69 Å². The molecule has 0 saturated carbocycles. The van der Waals surface area contributed by atoms with Crippen molar-refractivity contribution in [3.05, 3.63) is 94.1 Å². The topological polar surface area (TPSA) is 147 Å². The Kier molecular flexibility index (Phi) is 6.94. The number of nitro groups is 1. The summed E-state index contributed by atoms with van der Waals surface area (Å²) < 4.78 is 11.1. The van der Waals surface area contributed by atoms with Gasteiger partial charge in [-0.15, -0.1) is 10.2 Å². The largest absolute Gasteiger partial charge is 0.507 e. The van der Waals surface area contributed by atoms with Crippen LogP contribution in [0.1, 0.15) is 11.4 Å². The zero-order chi connectivity index (χ0) is 24.0. The number of aliphatic hydroxyl groups is 1. The third-order valence-corrected chi connectivity index (χ3v) is 4.52. The first-order chi connectivity index (χ1) is 15.9. The molecule has 0 aliphatic heterocycles. The van der Waals surface area contributed by atoms with Gasteiger partial charge < -0.3 is 14.6 Å². The van der Waals surface area contributed by atoms with Gasteiger partial charge in [0.25, 0.3) is 5.69 Å². The molecule has 0 radical (unpaired) electrons. The predicted octanol–water partition coefficient (Wildman–Crippen LogP) is 2.87. The molecule has 3 rings (SSSR count). The number of non-ortho nitro benzene ring substituents is 1. The number of para-hydroxylation sites is 1. The number of nitro benzene ring substituents is 1. The molecule has 0 bridgehead atoms. The second kappa shape index (κ2) is 10.0. The van der Waals surface area contributed by atoms with Crippen LogP contribution in [0.15, 0.2) is 72.6 Å². The van der Waals surface area contributed by atoms with Crippen molar-refractivity contribution in [2.45, 2.75) is 0 Å². The standard InChI is InChI=1S/C22H18N4O7/c1-32-21(28)17(12-18(27)14-8-10-16(11-9-14)26(30)31)19(22(29)33-2)20-24-23-13-25(20)15-6-4-3-5-7-15/h3-13,27H,1-2H3/b18-12-,19-17+. The number of hydrogen-bond donors (Lipinski definition) is 1. The molecule has 0 saturated heterocycles. The molecule has 168 valence electrons. The van der Waals surface area contributed by atoms with E-state index < -0.39 is 22.6 Å². The molecule has 0 amide bonds. The van der Waals surface area contributed by atoms with E-state index in [2.05, 4.69) is 10.2 Å². The number of aliphatic hydroxyl groups excluding tert-OH is 1. The molecule has 3 aromatic rings. The summed E-state index contributed by atoms with van der Waals surface area (Å²) >= 11 is 0. The zero-order valence-electron chi connectivity index (χ0n) is 17.5. The molecule has 1 N–H and O–H groups in total. The minimum atomic E-state index is -0.952. The van der Waals surface area contributed by atoms with Crippen LogP contribution in [-0.2, 0) is 19.1 Å². The van der Waals surface area contributed by atoms with Crippen LogP contribution in [0.25, 0.3) is 17.0 Å². The highest BCUT2D eigenvalue weighted by Crippen LogP contribution is 2.26. The summed E-state index contributed by atoms with van der Waals surface area (Å²) in [5, 5.41) is 29.3. The molecular weight excluding hydrogens is 432 g/mol. The van der Waals surface area contributed by atoms with Gasteiger partial charge >= 0.3 is 11.9 Å². The Morgan fingerprint density at radius 2 is 1.67 bits per heavy atom. The van der Waals surface area contributed by atoms with Gasteiger partial charge in [0.2, 0.25) is 0 Å². The normalized spacial score (nSPS) is 12.0. The summed E-state index contributed by atoms with van der Waals surface area (Å²) in [6.45, 7) is 0. The molecule has 0 aliphatic rings. The van der Waals surface area contributed by atoms with Gasteiger partial charge in [0.05, 0.1) is 24.7 Å². The number of aromatic nitrogens is 3. The lowest BCUT2D eigenvalue weighted by Gasteiger charge is -2.12. The molecule has 1 heterocycles. The van der Waals surface area contributed by atoms with Crippen LogP contribution >= 0.6 is 0 Å². The van der Waals surface area contributed by atoms with Gasteiger partial charge in [-0.25, -0.2) is 9.59 Å². The Morgan fingerprint density at radius 1 is 1.03 bits per heavy atom. The number of carbonyl (C=O) groups excluding carboxylic acids is 2. The van der Waals surface area contributed by atoms with Crippen LogP contribution < -0.4 is 0 Å². The minimum absolute atomic E-state index is 0.0267. The smallest absolute Gasteiger partial charge is 0.342 e. The van der Waals surface area contributed by atoms with Gasteiger partial charge in [-0.3, -0.25) is 14.7 Å². The number of ether oxygens (including phenoxy) is 2. The second-order valence-electron chi connectivity index (χ2n) is 6.47. The Bertz CT molecular complexity index is 1250. The lowest BCUT2D eigenvalue weighted by Crippen LogP contribution is -2.16. The van der Waals surface area contributed by atoms with Gasteiger partial charge in [0.1, 0.15) is 17.7 Å². The van der Waals surface area contributed by atoms with Crippen LogP contribution in [0.2, 0.25) is 0 Å². The van der Waals surface area contributed by atoms with E-state index in [9.17, 15) is 24.8 Å². The van der Waals surface area contributed by atoms with Gasteiger partial charge in [0, 0.05) is 23.4 Å². The number of nitrogens with zero attached hydrogens (tertiary/aromatic N) is 4. The molecule has 11 heteroatoms. The average Bonchev–Trinajstić information content (AvgIpc) is 3.32. The molecule has 0 unspecified atom stereocenters. The van der Waals surface area contributed by atoms with Gasteiger partial charge in [-0.2, -0.15) is 0 Å². The number of carbonyl (C=O) groups is 2. The summed E-state index contributed by atoms with van der Waals surface area (Å²) in [5.74, 6) is -2.35. The van der Waals surface area contributed by atoms with E-state index >= 15 is 0 Å². The van der Waals surface area contributed by atoms with Crippen molar-refractivity contribution in [1.82, 2.24) is 14.8 Å². The lowest BCUT2D eigenvalue weighted by molar-refractivity contribution is -0.384. The first-order valence-corrected chi connectivity index (χ1v) is 9.39. The quantitative estimate of drug-likeness (QED) is 0.143. The molecule has 0 fully saturated rings. The zero-order valence-corrected chi connectivity index (χ0v) is 17.5.